The van der Waals surface area contributed by atoms with Crippen molar-refractivity contribution in [2.24, 2.45) is 0 Å². The largest absolute Gasteiger partial charge is 0.455 e. The molecule has 3 heterocycles. The number of hydrogen-bond donors (Lipinski definition) is 1. The van der Waals surface area contributed by atoms with Gasteiger partial charge in [0.1, 0.15) is 12.3 Å². The van der Waals surface area contributed by atoms with Gasteiger partial charge < -0.3 is 19.4 Å². The van der Waals surface area contributed by atoms with Crippen LogP contribution >= 0.6 is 0 Å². The van der Waals surface area contributed by atoms with Gasteiger partial charge >= 0.3 is 0 Å². The number of aromatic nitrogens is 2. The van der Waals surface area contributed by atoms with Crippen LogP contribution in [0.3, 0.4) is 0 Å². The van der Waals surface area contributed by atoms with E-state index in [1.165, 1.54) is 0 Å². The fourth-order valence-electron chi connectivity index (χ4n) is 3.93. The zero-order valence-corrected chi connectivity index (χ0v) is 17.3. The summed E-state index contributed by atoms with van der Waals surface area (Å²) in [6.07, 6.45) is 4.33. The highest BCUT2D eigenvalue weighted by atomic mass is 16.5. The summed E-state index contributed by atoms with van der Waals surface area (Å²) in [5, 5.41) is 7.63. The van der Waals surface area contributed by atoms with E-state index in [9.17, 15) is 9.59 Å². The summed E-state index contributed by atoms with van der Waals surface area (Å²) in [7, 11) is 0. The molecular formula is C21H28N4O4. The van der Waals surface area contributed by atoms with E-state index in [0.29, 0.717) is 32.1 Å². The van der Waals surface area contributed by atoms with Crippen LogP contribution in [0, 0.1) is 6.92 Å². The zero-order valence-electron chi connectivity index (χ0n) is 17.3. The van der Waals surface area contributed by atoms with E-state index < -0.39 is 0 Å². The van der Waals surface area contributed by atoms with Gasteiger partial charge in [-0.15, -0.1) is 0 Å². The molecule has 0 bridgehead atoms. The third-order valence-corrected chi connectivity index (χ3v) is 5.73. The van der Waals surface area contributed by atoms with Crippen molar-refractivity contribution in [3.63, 3.8) is 0 Å². The first kappa shape index (κ1) is 19.7. The number of furan rings is 1. The molecule has 29 heavy (non-hydrogen) atoms. The second-order valence-electron chi connectivity index (χ2n) is 7.84. The summed E-state index contributed by atoms with van der Waals surface area (Å²) < 4.78 is 13.0. The Balaban J connectivity index is 1.58. The van der Waals surface area contributed by atoms with E-state index in [1.807, 2.05) is 27.0 Å². The van der Waals surface area contributed by atoms with E-state index in [0.717, 1.165) is 47.4 Å². The lowest BCUT2D eigenvalue weighted by Gasteiger charge is -2.26. The molecule has 2 aliphatic rings. The van der Waals surface area contributed by atoms with Crippen LogP contribution in [0.4, 0.5) is 0 Å². The molecule has 1 N–H and O–H groups in total. The van der Waals surface area contributed by atoms with Gasteiger partial charge in [-0.3, -0.25) is 14.3 Å². The van der Waals surface area contributed by atoms with E-state index in [1.54, 1.807) is 9.58 Å². The van der Waals surface area contributed by atoms with Gasteiger partial charge in [-0.05, 0) is 32.3 Å². The molecule has 0 spiro atoms. The second kappa shape index (κ2) is 8.02. The van der Waals surface area contributed by atoms with Crippen LogP contribution in [0.1, 0.15) is 47.7 Å². The molecule has 1 saturated heterocycles. The molecule has 4 rings (SSSR count). The maximum atomic E-state index is 12.9. The molecule has 2 amide bonds. The molecule has 8 nitrogen and oxygen atoms in total. The number of amides is 2. The van der Waals surface area contributed by atoms with Crippen LogP contribution in [-0.4, -0.2) is 58.8 Å². The second-order valence-corrected chi connectivity index (χ2v) is 7.84. The minimum absolute atomic E-state index is 0.0495. The molecule has 0 radical (unpaired) electrons. The molecule has 1 aliphatic carbocycles. The van der Waals surface area contributed by atoms with E-state index >= 15 is 0 Å². The van der Waals surface area contributed by atoms with Crippen LogP contribution in [0.15, 0.2) is 10.6 Å². The average molecular weight is 400 g/mol. The molecule has 0 aromatic carbocycles. The molecule has 2 aromatic rings. The number of nitrogens with one attached hydrogen (secondary N) is 1. The molecule has 1 atom stereocenters. The fourth-order valence-corrected chi connectivity index (χ4v) is 3.93. The number of fused-ring (bicyclic) bond motifs is 3. The lowest BCUT2D eigenvalue weighted by Crippen LogP contribution is -2.40. The highest BCUT2D eigenvalue weighted by Crippen LogP contribution is 2.38. The van der Waals surface area contributed by atoms with Crippen molar-refractivity contribution in [1.29, 1.82) is 0 Å². The molecule has 1 aliphatic heterocycles. The first-order valence-corrected chi connectivity index (χ1v) is 10.3. The quantitative estimate of drug-likeness (QED) is 0.828. The third-order valence-electron chi connectivity index (χ3n) is 5.73. The van der Waals surface area contributed by atoms with E-state index in [4.69, 9.17) is 9.15 Å². The van der Waals surface area contributed by atoms with Crippen molar-refractivity contribution in [3.05, 3.63) is 28.8 Å². The number of rotatable bonds is 5. The smallest absolute Gasteiger partial charge is 0.290 e. The van der Waals surface area contributed by atoms with Gasteiger partial charge in [-0.2, -0.15) is 5.10 Å². The number of nitrogens with zero attached hydrogens (tertiary/aromatic N) is 3. The number of morpholine rings is 1. The highest BCUT2D eigenvalue weighted by Gasteiger charge is 2.32. The summed E-state index contributed by atoms with van der Waals surface area (Å²) in [6, 6.07) is 0.143. The SMILES string of the molecule is CCC(C)NC(=O)Cn1cc2c(n1)-c1c(oc(C(=O)N3CCOCC3)c1C)CC2. The fraction of sp³-hybridized carbons (Fsp3) is 0.571. The van der Waals surface area contributed by atoms with Crippen molar-refractivity contribution in [2.45, 2.75) is 52.6 Å². The van der Waals surface area contributed by atoms with Gasteiger partial charge in [0.15, 0.2) is 5.76 Å². The van der Waals surface area contributed by atoms with Gasteiger partial charge in [0, 0.05) is 42.9 Å². The first-order chi connectivity index (χ1) is 14.0. The molecule has 0 saturated carbocycles. The van der Waals surface area contributed by atoms with Crippen LogP contribution in [-0.2, 0) is 28.9 Å². The van der Waals surface area contributed by atoms with Gasteiger partial charge in [0.25, 0.3) is 5.91 Å². The number of ether oxygens (including phenoxy) is 1. The van der Waals surface area contributed by atoms with Gasteiger partial charge in [0.2, 0.25) is 5.91 Å². The summed E-state index contributed by atoms with van der Waals surface area (Å²) in [5.74, 6) is 1.07. The first-order valence-electron chi connectivity index (χ1n) is 10.3. The van der Waals surface area contributed by atoms with Crippen molar-refractivity contribution in [2.75, 3.05) is 26.3 Å². The highest BCUT2D eigenvalue weighted by molar-refractivity contribution is 5.95. The summed E-state index contributed by atoms with van der Waals surface area (Å²) in [6.45, 7) is 8.39. The lowest BCUT2D eigenvalue weighted by atomic mass is 9.93. The van der Waals surface area contributed by atoms with Crippen LogP contribution < -0.4 is 5.32 Å². The molecule has 8 heteroatoms. The maximum absolute atomic E-state index is 12.9. The maximum Gasteiger partial charge on any atom is 0.290 e. The Kier molecular flexibility index (Phi) is 5.45. The molecular weight excluding hydrogens is 372 g/mol. The number of hydrogen-bond acceptors (Lipinski definition) is 5. The Morgan fingerprint density at radius 2 is 2.03 bits per heavy atom. The molecule has 2 aromatic heterocycles. The predicted molar refractivity (Wildman–Crippen MR) is 107 cm³/mol. The average Bonchev–Trinajstić information content (AvgIpc) is 3.27. The van der Waals surface area contributed by atoms with Gasteiger partial charge in [-0.1, -0.05) is 6.92 Å². The Bertz CT molecular complexity index is 924. The van der Waals surface area contributed by atoms with Crippen molar-refractivity contribution >= 4 is 11.8 Å². The summed E-state index contributed by atoms with van der Waals surface area (Å²) in [4.78, 5) is 26.9. The Labute approximate surface area is 170 Å². The Morgan fingerprint density at radius 1 is 1.28 bits per heavy atom. The Morgan fingerprint density at radius 3 is 2.76 bits per heavy atom. The van der Waals surface area contributed by atoms with Crippen LogP contribution in [0.5, 0.6) is 0 Å². The minimum atomic E-state index is -0.0888. The monoisotopic (exact) mass is 400 g/mol. The molecule has 156 valence electrons. The summed E-state index contributed by atoms with van der Waals surface area (Å²) in [5.41, 5.74) is 3.64. The normalized spacial score (nSPS) is 16.9. The minimum Gasteiger partial charge on any atom is -0.455 e. The standard InChI is InChI=1S/C21H28N4O4/c1-4-13(2)22-17(26)12-25-11-15-5-6-16-18(19(15)23-25)14(3)20(29-16)21(27)24-7-9-28-10-8-24/h11,13H,4-10,12H2,1-3H3,(H,22,26). The number of carbonyl (C=O) groups is 2. The van der Waals surface area contributed by atoms with Gasteiger partial charge in [-0.25, -0.2) is 0 Å². The molecule has 1 unspecified atom stereocenters. The number of aryl methyl sites for hydroxylation is 2. The Hall–Kier alpha value is -2.61. The topological polar surface area (TPSA) is 89.6 Å². The lowest BCUT2D eigenvalue weighted by molar-refractivity contribution is -0.122. The van der Waals surface area contributed by atoms with E-state index in [2.05, 4.69) is 10.4 Å². The third kappa shape index (κ3) is 3.81. The van der Waals surface area contributed by atoms with Crippen molar-refractivity contribution < 1.29 is 18.7 Å². The molecule has 1 fully saturated rings. The summed E-state index contributed by atoms with van der Waals surface area (Å²) >= 11 is 0. The zero-order chi connectivity index (χ0) is 20.5. The van der Waals surface area contributed by atoms with Gasteiger partial charge in [0.05, 0.1) is 18.9 Å². The number of carbonyl (C=O) groups excluding carboxylic acids is 2. The van der Waals surface area contributed by atoms with E-state index in [-0.39, 0.29) is 24.4 Å². The van der Waals surface area contributed by atoms with Crippen LogP contribution in [0.2, 0.25) is 0 Å². The predicted octanol–water partition coefficient (Wildman–Crippen LogP) is 1.94. The van der Waals surface area contributed by atoms with Crippen molar-refractivity contribution in [1.82, 2.24) is 20.0 Å². The van der Waals surface area contributed by atoms with Crippen LogP contribution in [0.25, 0.3) is 11.3 Å². The van der Waals surface area contributed by atoms with Crippen molar-refractivity contribution in [3.8, 4) is 11.3 Å².